The Morgan fingerprint density at radius 2 is 1.95 bits per heavy atom. The Kier molecular flexibility index (Phi) is 3.09. The Morgan fingerprint density at radius 1 is 1.14 bits per heavy atom. The first-order valence-electron chi connectivity index (χ1n) is 7.20. The Labute approximate surface area is 132 Å². The van der Waals surface area contributed by atoms with Crippen LogP contribution >= 0.6 is 11.3 Å². The van der Waals surface area contributed by atoms with Crippen molar-refractivity contribution in [3.05, 3.63) is 34.9 Å². The van der Waals surface area contributed by atoms with Crippen LogP contribution in [-0.2, 0) is 14.6 Å². The average molecular weight is 334 g/mol. The number of hydrogen-bond donors (Lipinski definition) is 0. The molecule has 1 aromatic carbocycles. The molecule has 7 heteroatoms. The number of aromatic nitrogens is 1. The van der Waals surface area contributed by atoms with Crippen LogP contribution in [0.1, 0.15) is 25.7 Å². The lowest BCUT2D eigenvalue weighted by molar-refractivity contribution is -0.130. The molecule has 4 rings (SSSR count). The molecule has 0 N–H and O–H groups in total. The molecule has 0 saturated carbocycles. The van der Waals surface area contributed by atoms with Gasteiger partial charge in [0.15, 0.2) is 0 Å². The van der Waals surface area contributed by atoms with Gasteiger partial charge in [0.2, 0.25) is 20.1 Å². The maximum atomic E-state index is 12.9. The molecule has 2 aromatic rings. The van der Waals surface area contributed by atoms with Crippen LogP contribution in [0.5, 0.6) is 0 Å². The Morgan fingerprint density at radius 3 is 2.77 bits per heavy atom. The van der Waals surface area contributed by atoms with Gasteiger partial charge in [0.25, 0.3) is 0 Å². The van der Waals surface area contributed by atoms with Crippen molar-refractivity contribution in [1.29, 1.82) is 0 Å². The van der Waals surface area contributed by atoms with Crippen molar-refractivity contribution in [3.63, 3.8) is 0 Å². The number of carbonyl (C=O) groups excluding carboxylic acids is 1. The van der Waals surface area contributed by atoms with Gasteiger partial charge in [-0.15, -0.1) is 11.3 Å². The third-order valence-corrected chi connectivity index (χ3v) is 7.52. The predicted molar refractivity (Wildman–Crippen MR) is 84.0 cm³/mol. The van der Waals surface area contributed by atoms with E-state index in [0.29, 0.717) is 41.9 Å². The predicted octanol–water partition coefficient (Wildman–Crippen LogP) is 2.70. The number of rotatable bonds is 2. The van der Waals surface area contributed by atoms with Gasteiger partial charge < -0.3 is 4.90 Å². The summed E-state index contributed by atoms with van der Waals surface area (Å²) in [7, 11) is -3.60. The van der Waals surface area contributed by atoms with Crippen LogP contribution in [0.3, 0.4) is 0 Å². The number of nitrogens with zero attached hydrogens (tertiary/aromatic N) is 2. The van der Waals surface area contributed by atoms with Gasteiger partial charge in [0.1, 0.15) is 0 Å². The summed E-state index contributed by atoms with van der Waals surface area (Å²) in [5, 5.41) is 0. The van der Waals surface area contributed by atoms with E-state index >= 15 is 0 Å². The largest absolute Gasteiger partial charge is 0.315 e. The Bertz CT molecular complexity index is 879. The highest BCUT2D eigenvalue weighted by Gasteiger charge is 2.37. The minimum atomic E-state index is -3.60. The molecule has 5 nitrogen and oxygen atoms in total. The van der Waals surface area contributed by atoms with E-state index in [1.165, 1.54) is 11.3 Å². The van der Waals surface area contributed by atoms with Gasteiger partial charge in [-0.1, -0.05) is 12.1 Å². The lowest BCUT2D eigenvalue weighted by atomic mass is 10.1. The van der Waals surface area contributed by atoms with E-state index in [0.717, 1.165) is 11.1 Å². The molecule has 0 radical (unpaired) electrons. The maximum absolute atomic E-state index is 12.9. The molecule has 1 amide bonds. The fraction of sp³-hybridized carbons (Fsp3) is 0.333. The maximum Gasteiger partial charge on any atom is 0.231 e. The number of benzene rings is 1. The number of piperidine rings is 1. The molecule has 3 heterocycles. The molecule has 0 aliphatic carbocycles. The normalized spacial score (nSPS) is 19.1. The van der Waals surface area contributed by atoms with Gasteiger partial charge in [-0.25, -0.2) is 13.4 Å². The SMILES string of the molecule is O=C1CCCC2=C(S(=O)(=O)c3nc4ccccc4s3)CCN12. The number of thiazole rings is 1. The number of amides is 1. The zero-order valence-electron chi connectivity index (χ0n) is 11.8. The summed E-state index contributed by atoms with van der Waals surface area (Å²) < 4.78 is 26.8. The fourth-order valence-electron chi connectivity index (χ4n) is 3.10. The molecular formula is C15H14N2O3S2. The van der Waals surface area contributed by atoms with Crippen molar-refractivity contribution in [2.24, 2.45) is 0 Å². The highest BCUT2D eigenvalue weighted by molar-refractivity contribution is 7.97. The van der Waals surface area contributed by atoms with Crippen molar-refractivity contribution < 1.29 is 13.2 Å². The monoisotopic (exact) mass is 334 g/mol. The van der Waals surface area contributed by atoms with Gasteiger partial charge in [-0.05, 0) is 25.0 Å². The third-order valence-electron chi connectivity index (χ3n) is 4.14. The lowest BCUT2D eigenvalue weighted by Crippen LogP contribution is -2.31. The highest BCUT2D eigenvalue weighted by atomic mass is 32.2. The summed E-state index contributed by atoms with van der Waals surface area (Å²) in [6.07, 6.45) is 2.30. The molecule has 2 aliphatic heterocycles. The summed E-state index contributed by atoms with van der Waals surface area (Å²) in [6.45, 7) is 0.480. The molecule has 2 aliphatic rings. The molecule has 0 spiro atoms. The number of allylic oxidation sites excluding steroid dienone is 1. The number of fused-ring (bicyclic) bond motifs is 2. The van der Waals surface area contributed by atoms with Crippen molar-refractivity contribution in [3.8, 4) is 0 Å². The van der Waals surface area contributed by atoms with Gasteiger partial charge in [0.05, 0.1) is 15.1 Å². The van der Waals surface area contributed by atoms with Crippen molar-refractivity contribution in [2.45, 2.75) is 30.0 Å². The molecular weight excluding hydrogens is 320 g/mol. The summed E-state index contributed by atoms with van der Waals surface area (Å²) in [5.41, 5.74) is 1.39. The Hall–Kier alpha value is -1.73. The topological polar surface area (TPSA) is 67.3 Å². The standard InChI is InChI=1S/C15H14N2O3S2/c18-14-7-3-5-11-13(8-9-17(11)14)22(19,20)15-16-10-4-1-2-6-12(10)21-15/h1-2,4,6H,3,5,7-9H2. The number of carbonyl (C=O) groups is 1. The van der Waals surface area contributed by atoms with E-state index < -0.39 is 9.84 Å². The van der Waals surface area contributed by atoms with Crippen LogP contribution < -0.4 is 0 Å². The number of para-hydroxylation sites is 1. The average Bonchev–Trinajstić information content (AvgIpc) is 3.12. The second-order valence-electron chi connectivity index (χ2n) is 5.47. The molecule has 0 atom stereocenters. The summed E-state index contributed by atoms with van der Waals surface area (Å²) in [6, 6.07) is 7.40. The zero-order chi connectivity index (χ0) is 15.3. The van der Waals surface area contributed by atoms with Crippen LogP contribution in [-0.4, -0.2) is 30.8 Å². The first-order valence-corrected chi connectivity index (χ1v) is 9.50. The minimum absolute atomic E-state index is 0.0377. The second-order valence-corrected chi connectivity index (χ2v) is 8.65. The van der Waals surface area contributed by atoms with Crippen LogP contribution in [0, 0.1) is 0 Å². The van der Waals surface area contributed by atoms with Gasteiger partial charge in [-0.2, -0.15) is 0 Å². The fourth-order valence-corrected chi connectivity index (χ4v) is 6.11. The first kappa shape index (κ1) is 13.9. The molecule has 1 aromatic heterocycles. The number of hydrogen-bond acceptors (Lipinski definition) is 5. The lowest BCUT2D eigenvalue weighted by Gasteiger charge is -2.25. The van der Waals surface area contributed by atoms with Crippen molar-refractivity contribution in [1.82, 2.24) is 9.88 Å². The zero-order valence-corrected chi connectivity index (χ0v) is 13.4. The van der Waals surface area contributed by atoms with Gasteiger partial charge in [0, 0.05) is 25.1 Å². The van der Waals surface area contributed by atoms with Crippen LogP contribution in [0.2, 0.25) is 0 Å². The molecule has 1 saturated heterocycles. The minimum Gasteiger partial charge on any atom is -0.315 e. The van der Waals surface area contributed by atoms with Crippen LogP contribution in [0.15, 0.2) is 39.2 Å². The Balaban J connectivity index is 1.83. The molecule has 1 fully saturated rings. The summed E-state index contributed by atoms with van der Waals surface area (Å²) in [4.78, 5) is 18.2. The smallest absolute Gasteiger partial charge is 0.231 e. The van der Waals surface area contributed by atoms with Crippen molar-refractivity contribution in [2.75, 3.05) is 6.54 Å². The molecule has 0 unspecified atom stereocenters. The molecule has 0 bridgehead atoms. The van der Waals surface area contributed by atoms with E-state index in [1.807, 2.05) is 24.3 Å². The van der Waals surface area contributed by atoms with E-state index in [-0.39, 0.29) is 10.2 Å². The van der Waals surface area contributed by atoms with Crippen molar-refractivity contribution >= 4 is 37.3 Å². The molecule has 114 valence electrons. The van der Waals surface area contributed by atoms with E-state index in [4.69, 9.17) is 0 Å². The second kappa shape index (κ2) is 4.89. The van der Waals surface area contributed by atoms with Gasteiger partial charge >= 0.3 is 0 Å². The quantitative estimate of drug-likeness (QED) is 0.847. The molecule has 22 heavy (non-hydrogen) atoms. The summed E-state index contributed by atoms with van der Waals surface area (Å²) in [5.74, 6) is 0.0377. The first-order chi connectivity index (χ1) is 10.6. The van der Waals surface area contributed by atoms with Crippen LogP contribution in [0.25, 0.3) is 10.2 Å². The number of sulfone groups is 1. The van der Waals surface area contributed by atoms with E-state index in [1.54, 1.807) is 4.90 Å². The van der Waals surface area contributed by atoms with E-state index in [2.05, 4.69) is 4.98 Å². The highest BCUT2D eigenvalue weighted by Crippen LogP contribution is 2.38. The van der Waals surface area contributed by atoms with Crippen LogP contribution in [0.4, 0.5) is 0 Å². The third kappa shape index (κ3) is 1.99. The van der Waals surface area contributed by atoms with E-state index in [9.17, 15) is 13.2 Å². The summed E-state index contributed by atoms with van der Waals surface area (Å²) >= 11 is 1.19. The van der Waals surface area contributed by atoms with Gasteiger partial charge in [-0.3, -0.25) is 4.79 Å².